The molecule has 5 heteroatoms. The van der Waals surface area contributed by atoms with Gasteiger partial charge in [0.15, 0.2) is 12.8 Å². The van der Waals surface area contributed by atoms with E-state index in [-0.39, 0.29) is 11.8 Å². The van der Waals surface area contributed by atoms with Crippen LogP contribution in [-0.4, -0.2) is 33.6 Å². The molecule has 0 bridgehead atoms. The standard InChI is InChI=1S/C25H29NO4/c1-25(2,3)30-24(29)26(17-19-11-14-22(15-19)23(27)28)16-18-9-12-21(13-10-18)20-7-5-4-6-8-20/h4-10,12-13,17,19,22H,11,14-16H2,1-3H3/p+1/b26-17-/t19?,22-/m1/s1. The van der Waals surface area contributed by atoms with Crippen LogP contribution in [0.4, 0.5) is 4.79 Å². The molecule has 0 aliphatic heterocycles. The second-order valence-corrected chi connectivity index (χ2v) is 8.93. The highest BCUT2D eigenvalue weighted by Crippen LogP contribution is 2.30. The fourth-order valence-electron chi connectivity index (χ4n) is 3.76. The molecule has 1 N–H and O–H groups in total. The van der Waals surface area contributed by atoms with Gasteiger partial charge in [-0.2, -0.15) is 4.79 Å². The van der Waals surface area contributed by atoms with Gasteiger partial charge in [-0.3, -0.25) is 4.79 Å². The lowest BCUT2D eigenvalue weighted by molar-refractivity contribution is -0.464. The Balaban J connectivity index is 1.79. The predicted octanol–water partition coefficient (Wildman–Crippen LogP) is 5.37. The fourth-order valence-corrected chi connectivity index (χ4v) is 3.76. The summed E-state index contributed by atoms with van der Waals surface area (Å²) in [6.45, 7) is 5.91. The molecule has 5 nitrogen and oxygen atoms in total. The van der Waals surface area contributed by atoms with Crippen LogP contribution in [0.5, 0.6) is 0 Å². The smallest absolute Gasteiger partial charge is 0.481 e. The van der Waals surface area contributed by atoms with E-state index in [4.69, 9.17) is 4.74 Å². The van der Waals surface area contributed by atoms with Gasteiger partial charge in [0.25, 0.3) is 0 Å². The van der Waals surface area contributed by atoms with E-state index >= 15 is 0 Å². The predicted molar refractivity (Wildman–Crippen MR) is 117 cm³/mol. The first kappa shape index (κ1) is 21.8. The molecule has 0 saturated heterocycles. The van der Waals surface area contributed by atoms with Crippen molar-refractivity contribution in [2.45, 2.75) is 52.2 Å². The molecule has 1 fully saturated rings. The zero-order chi connectivity index (χ0) is 21.7. The summed E-state index contributed by atoms with van der Waals surface area (Å²) in [6, 6.07) is 18.3. The van der Waals surface area contributed by atoms with E-state index in [9.17, 15) is 14.7 Å². The van der Waals surface area contributed by atoms with Gasteiger partial charge in [0, 0.05) is 11.5 Å². The van der Waals surface area contributed by atoms with E-state index in [1.165, 1.54) is 0 Å². The van der Waals surface area contributed by atoms with Crippen LogP contribution in [0.2, 0.25) is 0 Å². The second kappa shape index (κ2) is 9.24. The highest BCUT2D eigenvalue weighted by atomic mass is 16.6. The largest absolute Gasteiger partial charge is 0.596 e. The summed E-state index contributed by atoms with van der Waals surface area (Å²) in [6.07, 6.45) is 3.42. The maximum Gasteiger partial charge on any atom is 0.596 e. The third-order valence-electron chi connectivity index (χ3n) is 5.26. The number of carboxylic acids is 1. The van der Waals surface area contributed by atoms with Crippen LogP contribution in [0.25, 0.3) is 11.1 Å². The zero-order valence-corrected chi connectivity index (χ0v) is 17.9. The normalized spacial score (nSPS) is 19.5. The number of ether oxygens (including phenoxy) is 1. The molecule has 2 aromatic rings. The SMILES string of the molecule is CC(C)(C)OC(=O)/[N+](=C\C1CC[C@@H](C(=O)O)C1)Cc1ccc(-c2ccccc2)cc1. The summed E-state index contributed by atoms with van der Waals surface area (Å²) in [5.74, 6) is -1.04. The number of carbonyl (C=O) groups excluding carboxylic acids is 1. The Bertz CT molecular complexity index is 910. The molecule has 0 radical (unpaired) electrons. The van der Waals surface area contributed by atoms with Gasteiger partial charge in [-0.1, -0.05) is 54.6 Å². The number of hydrogen-bond donors (Lipinski definition) is 1. The third-order valence-corrected chi connectivity index (χ3v) is 5.26. The number of hydrogen-bond acceptors (Lipinski definition) is 3. The maximum atomic E-state index is 12.8. The van der Waals surface area contributed by atoms with Crippen molar-refractivity contribution in [1.82, 2.24) is 0 Å². The van der Waals surface area contributed by atoms with Crippen LogP contribution in [-0.2, 0) is 16.1 Å². The van der Waals surface area contributed by atoms with Gasteiger partial charge in [0.1, 0.15) is 5.60 Å². The number of amides is 1. The van der Waals surface area contributed by atoms with Gasteiger partial charge >= 0.3 is 12.1 Å². The minimum Gasteiger partial charge on any atom is -0.481 e. The molecule has 158 valence electrons. The van der Waals surface area contributed by atoms with Gasteiger partial charge < -0.3 is 9.84 Å². The highest BCUT2D eigenvalue weighted by molar-refractivity contribution is 5.73. The van der Waals surface area contributed by atoms with Gasteiger partial charge in [-0.25, -0.2) is 0 Å². The quantitative estimate of drug-likeness (QED) is 0.533. The maximum absolute atomic E-state index is 12.8. The Labute approximate surface area is 178 Å². The highest BCUT2D eigenvalue weighted by Gasteiger charge is 2.33. The Morgan fingerprint density at radius 1 is 1.03 bits per heavy atom. The van der Waals surface area contributed by atoms with Gasteiger partial charge in [-0.15, -0.1) is 4.58 Å². The molecule has 1 aliphatic carbocycles. The monoisotopic (exact) mass is 408 g/mol. The van der Waals surface area contributed by atoms with Gasteiger partial charge in [0.05, 0.1) is 5.92 Å². The average Bonchev–Trinajstić information content (AvgIpc) is 3.16. The van der Waals surface area contributed by atoms with Crippen LogP contribution in [0.15, 0.2) is 54.6 Å². The lowest BCUT2D eigenvalue weighted by Crippen LogP contribution is -2.32. The summed E-state index contributed by atoms with van der Waals surface area (Å²) < 4.78 is 7.18. The van der Waals surface area contributed by atoms with E-state index in [1.807, 2.05) is 69.5 Å². The lowest BCUT2D eigenvalue weighted by Gasteiger charge is -2.17. The molecule has 0 heterocycles. The summed E-state index contributed by atoms with van der Waals surface area (Å²) >= 11 is 0. The number of benzene rings is 2. The van der Waals surface area contributed by atoms with Crippen molar-refractivity contribution >= 4 is 18.3 Å². The summed E-state index contributed by atoms with van der Waals surface area (Å²) in [5, 5.41) is 9.26. The van der Waals surface area contributed by atoms with Gasteiger partial charge in [-0.05, 0) is 51.2 Å². The Kier molecular flexibility index (Phi) is 6.70. The molecule has 1 amide bonds. The number of rotatable bonds is 5. The molecule has 1 aliphatic rings. The molecule has 3 rings (SSSR count). The van der Waals surface area contributed by atoms with E-state index in [0.29, 0.717) is 19.4 Å². The van der Waals surface area contributed by atoms with Crippen molar-refractivity contribution in [2.24, 2.45) is 11.8 Å². The first-order chi connectivity index (χ1) is 14.2. The Morgan fingerprint density at radius 3 is 2.23 bits per heavy atom. The van der Waals surface area contributed by atoms with Crippen molar-refractivity contribution in [3.05, 3.63) is 60.2 Å². The van der Waals surface area contributed by atoms with E-state index in [2.05, 4.69) is 12.1 Å². The molecule has 0 spiro atoms. The van der Waals surface area contributed by atoms with Crippen LogP contribution < -0.4 is 0 Å². The van der Waals surface area contributed by atoms with Crippen molar-refractivity contribution < 1.29 is 24.0 Å². The molecular formula is C25H30NO4+. The topological polar surface area (TPSA) is 66.6 Å². The minimum atomic E-state index is -0.758. The van der Waals surface area contributed by atoms with Crippen LogP contribution in [0, 0.1) is 11.8 Å². The zero-order valence-electron chi connectivity index (χ0n) is 17.9. The molecular weight excluding hydrogens is 378 g/mol. The van der Waals surface area contributed by atoms with Crippen molar-refractivity contribution in [1.29, 1.82) is 0 Å². The summed E-state index contributed by atoms with van der Waals surface area (Å²) in [4.78, 5) is 24.1. The number of carbonyl (C=O) groups is 2. The van der Waals surface area contributed by atoms with Crippen LogP contribution in [0.1, 0.15) is 45.6 Å². The number of carboxylic acid groups (broad SMARTS) is 1. The van der Waals surface area contributed by atoms with Crippen LogP contribution in [0.3, 0.4) is 0 Å². The fraction of sp³-hybridized carbons (Fsp3) is 0.400. The first-order valence-electron chi connectivity index (χ1n) is 10.4. The number of aliphatic carboxylic acids is 1. The third kappa shape index (κ3) is 6.02. The van der Waals surface area contributed by atoms with Crippen molar-refractivity contribution in [2.75, 3.05) is 0 Å². The average molecular weight is 409 g/mol. The summed E-state index contributed by atoms with van der Waals surface area (Å²) in [5.41, 5.74) is 2.65. The second-order valence-electron chi connectivity index (χ2n) is 8.93. The Morgan fingerprint density at radius 2 is 1.67 bits per heavy atom. The molecule has 2 atom stereocenters. The summed E-state index contributed by atoms with van der Waals surface area (Å²) in [7, 11) is 0. The lowest BCUT2D eigenvalue weighted by atomic mass is 10.0. The molecule has 30 heavy (non-hydrogen) atoms. The van der Waals surface area contributed by atoms with Crippen molar-refractivity contribution in [3.8, 4) is 11.1 Å². The van der Waals surface area contributed by atoms with Crippen molar-refractivity contribution in [3.63, 3.8) is 0 Å². The van der Waals surface area contributed by atoms with Crippen LogP contribution >= 0.6 is 0 Å². The molecule has 0 aromatic heterocycles. The number of nitrogens with zero attached hydrogens (tertiary/aromatic N) is 1. The first-order valence-corrected chi connectivity index (χ1v) is 10.4. The van der Waals surface area contributed by atoms with Gasteiger partial charge in [0.2, 0.25) is 0 Å². The molecule has 1 saturated carbocycles. The minimum absolute atomic E-state index is 0.0576. The van der Waals surface area contributed by atoms with E-state index in [0.717, 1.165) is 23.1 Å². The molecule has 1 unspecified atom stereocenters. The van der Waals surface area contributed by atoms with E-state index < -0.39 is 17.7 Å². The van der Waals surface area contributed by atoms with E-state index in [1.54, 1.807) is 4.58 Å². The molecule has 2 aromatic carbocycles. The Hall–Kier alpha value is -2.95.